The molecule has 7 nitrogen and oxygen atoms in total. The Labute approximate surface area is 187 Å². The maximum Gasteiger partial charge on any atom is 0.348 e. The van der Waals surface area contributed by atoms with E-state index in [1.54, 1.807) is 13.8 Å². The SMILES string of the molecule is CCOC(=O)c1sc(NC(=O)c2sc3nc4c(cc3c2N)CCCCC4)c(C#N)c1C. The molecule has 9 heteroatoms. The number of anilines is 2. The van der Waals surface area contributed by atoms with E-state index in [-0.39, 0.29) is 12.2 Å². The number of fused-ring (bicyclic) bond motifs is 2. The minimum absolute atomic E-state index is 0.231. The van der Waals surface area contributed by atoms with Crippen molar-refractivity contribution in [1.82, 2.24) is 4.98 Å². The Hall–Kier alpha value is -2.96. The Balaban J connectivity index is 1.68. The third kappa shape index (κ3) is 3.89. The summed E-state index contributed by atoms with van der Waals surface area (Å²) in [4.78, 5) is 31.4. The molecule has 1 aliphatic rings. The van der Waals surface area contributed by atoms with E-state index in [4.69, 9.17) is 15.5 Å². The first-order chi connectivity index (χ1) is 14.9. The van der Waals surface area contributed by atoms with Crippen LogP contribution in [0.25, 0.3) is 10.2 Å². The summed E-state index contributed by atoms with van der Waals surface area (Å²) >= 11 is 2.29. The molecule has 3 heterocycles. The zero-order chi connectivity index (χ0) is 22.1. The average molecular weight is 455 g/mol. The minimum atomic E-state index is -0.505. The van der Waals surface area contributed by atoms with E-state index in [1.807, 2.05) is 0 Å². The van der Waals surface area contributed by atoms with Crippen LogP contribution in [-0.4, -0.2) is 23.5 Å². The number of aromatic nitrogens is 1. The monoisotopic (exact) mass is 454 g/mol. The lowest BCUT2D eigenvalue weighted by molar-refractivity contribution is 0.0531. The van der Waals surface area contributed by atoms with Crippen LogP contribution in [0.15, 0.2) is 6.07 Å². The highest BCUT2D eigenvalue weighted by atomic mass is 32.1. The highest BCUT2D eigenvalue weighted by Crippen LogP contribution is 2.37. The van der Waals surface area contributed by atoms with E-state index in [9.17, 15) is 14.9 Å². The van der Waals surface area contributed by atoms with Gasteiger partial charge in [0.1, 0.15) is 25.7 Å². The zero-order valence-electron chi connectivity index (χ0n) is 17.3. The second-order valence-corrected chi connectivity index (χ2v) is 9.42. The molecule has 3 aromatic heterocycles. The number of esters is 1. The summed E-state index contributed by atoms with van der Waals surface area (Å²) in [7, 11) is 0. The van der Waals surface area contributed by atoms with Gasteiger partial charge in [-0.1, -0.05) is 6.42 Å². The van der Waals surface area contributed by atoms with Crippen LogP contribution in [0, 0.1) is 18.3 Å². The fourth-order valence-corrected chi connectivity index (χ4v) is 5.83. The molecule has 0 fully saturated rings. The summed E-state index contributed by atoms with van der Waals surface area (Å²) in [6.07, 6.45) is 5.38. The lowest BCUT2D eigenvalue weighted by Gasteiger charge is -2.04. The van der Waals surface area contributed by atoms with Crippen molar-refractivity contribution >= 4 is 55.5 Å². The number of aryl methyl sites for hydroxylation is 2. The first-order valence-electron chi connectivity index (χ1n) is 10.2. The molecular formula is C22H22N4O3S2. The molecule has 0 aliphatic heterocycles. The molecule has 1 aliphatic carbocycles. The van der Waals surface area contributed by atoms with Gasteiger partial charge in [-0.05, 0) is 56.7 Å². The normalized spacial score (nSPS) is 13.3. The van der Waals surface area contributed by atoms with Crippen LogP contribution in [0.5, 0.6) is 0 Å². The van der Waals surface area contributed by atoms with E-state index in [0.717, 1.165) is 52.9 Å². The van der Waals surface area contributed by atoms with Gasteiger partial charge in [-0.2, -0.15) is 5.26 Å². The second kappa shape index (κ2) is 8.65. The van der Waals surface area contributed by atoms with Crippen molar-refractivity contribution in [3.8, 4) is 6.07 Å². The minimum Gasteiger partial charge on any atom is -0.462 e. The summed E-state index contributed by atoms with van der Waals surface area (Å²) in [5, 5.41) is 13.4. The van der Waals surface area contributed by atoms with Gasteiger partial charge in [0, 0.05) is 11.1 Å². The topological polar surface area (TPSA) is 118 Å². The average Bonchev–Trinajstić information content (AvgIpc) is 3.12. The molecule has 1 amide bonds. The first kappa shape index (κ1) is 21.3. The summed E-state index contributed by atoms with van der Waals surface area (Å²) in [6, 6.07) is 4.14. The van der Waals surface area contributed by atoms with Crippen molar-refractivity contribution in [1.29, 1.82) is 5.26 Å². The number of nitriles is 1. The van der Waals surface area contributed by atoms with Crippen molar-refractivity contribution in [2.75, 3.05) is 17.7 Å². The van der Waals surface area contributed by atoms with Crippen molar-refractivity contribution in [3.05, 3.63) is 38.2 Å². The molecule has 3 aromatic rings. The molecule has 0 atom stereocenters. The molecule has 4 rings (SSSR count). The summed E-state index contributed by atoms with van der Waals surface area (Å²) in [6.45, 7) is 3.61. The third-order valence-corrected chi connectivity index (χ3v) is 7.70. The second-order valence-electron chi connectivity index (χ2n) is 7.40. The molecule has 0 unspecified atom stereocenters. The molecule has 3 N–H and O–H groups in total. The fourth-order valence-electron chi connectivity index (χ4n) is 3.79. The molecule has 0 spiro atoms. The van der Waals surface area contributed by atoms with E-state index < -0.39 is 11.9 Å². The lowest BCUT2D eigenvalue weighted by atomic mass is 10.1. The van der Waals surface area contributed by atoms with Crippen LogP contribution in [0.3, 0.4) is 0 Å². The number of hydrogen-bond acceptors (Lipinski definition) is 8. The predicted octanol–water partition coefficient (Wildman–Crippen LogP) is 4.82. The van der Waals surface area contributed by atoms with Crippen LogP contribution >= 0.6 is 22.7 Å². The largest absolute Gasteiger partial charge is 0.462 e. The number of rotatable bonds is 4. The number of pyridine rings is 1. The van der Waals surface area contributed by atoms with Gasteiger partial charge in [0.2, 0.25) is 0 Å². The number of carbonyl (C=O) groups excluding carboxylic acids is 2. The zero-order valence-corrected chi connectivity index (χ0v) is 19.0. The Morgan fingerprint density at radius 3 is 2.77 bits per heavy atom. The summed E-state index contributed by atoms with van der Waals surface area (Å²) < 4.78 is 5.05. The number of nitrogen functional groups attached to an aromatic ring is 1. The molecule has 0 aromatic carbocycles. The molecule has 0 radical (unpaired) electrons. The maximum absolute atomic E-state index is 13.0. The van der Waals surface area contributed by atoms with Gasteiger partial charge >= 0.3 is 5.97 Å². The van der Waals surface area contributed by atoms with Gasteiger partial charge < -0.3 is 15.8 Å². The fraction of sp³-hybridized carbons (Fsp3) is 0.364. The number of hydrogen-bond donors (Lipinski definition) is 2. The summed E-state index contributed by atoms with van der Waals surface area (Å²) in [5.41, 5.74) is 9.79. The highest BCUT2D eigenvalue weighted by Gasteiger charge is 2.25. The van der Waals surface area contributed by atoms with Crippen molar-refractivity contribution < 1.29 is 14.3 Å². The molecule has 31 heavy (non-hydrogen) atoms. The van der Waals surface area contributed by atoms with Crippen LogP contribution in [-0.2, 0) is 17.6 Å². The molecule has 160 valence electrons. The first-order valence-corrected chi connectivity index (χ1v) is 11.8. The van der Waals surface area contributed by atoms with Crippen LogP contribution in [0.4, 0.5) is 10.7 Å². The number of nitrogens with zero attached hydrogens (tertiary/aromatic N) is 2. The molecular weight excluding hydrogens is 432 g/mol. The number of thiophene rings is 2. The van der Waals surface area contributed by atoms with Crippen LogP contribution in [0.2, 0.25) is 0 Å². The number of nitrogens with two attached hydrogens (primary N) is 1. The lowest BCUT2D eigenvalue weighted by Crippen LogP contribution is -2.11. The number of nitrogens with one attached hydrogen (secondary N) is 1. The summed E-state index contributed by atoms with van der Waals surface area (Å²) in [5.74, 6) is -0.919. The Morgan fingerprint density at radius 1 is 1.26 bits per heavy atom. The van der Waals surface area contributed by atoms with Crippen molar-refractivity contribution in [2.24, 2.45) is 0 Å². The van der Waals surface area contributed by atoms with Gasteiger partial charge in [0.25, 0.3) is 5.91 Å². The van der Waals surface area contributed by atoms with E-state index in [2.05, 4.69) is 17.5 Å². The van der Waals surface area contributed by atoms with Gasteiger partial charge in [0.15, 0.2) is 0 Å². The molecule has 0 bridgehead atoms. The third-order valence-electron chi connectivity index (χ3n) is 5.40. The Bertz CT molecular complexity index is 1240. The van der Waals surface area contributed by atoms with Gasteiger partial charge in [-0.25, -0.2) is 9.78 Å². The van der Waals surface area contributed by atoms with E-state index in [1.165, 1.54) is 23.3 Å². The number of carbonyl (C=O) groups is 2. The van der Waals surface area contributed by atoms with Gasteiger partial charge in [-0.3, -0.25) is 4.79 Å². The quantitative estimate of drug-likeness (QED) is 0.431. The van der Waals surface area contributed by atoms with E-state index >= 15 is 0 Å². The van der Waals surface area contributed by atoms with Crippen LogP contribution < -0.4 is 11.1 Å². The van der Waals surface area contributed by atoms with Crippen molar-refractivity contribution in [3.63, 3.8) is 0 Å². The smallest absolute Gasteiger partial charge is 0.348 e. The molecule has 0 saturated carbocycles. The predicted molar refractivity (Wildman–Crippen MR) is 123 cm³/mol. The number of amides is 1. The molecule has 0 saturated heterocycles. The maximum atomic E-state index is 13.0. The Morgan fingerprint density at radius 2 is 2.03 bits per heavy atom. The van der Waals surface area contributed by atoms with Crippen LogP contribution in [0.1, 0.15) is 67.9 Å². The Kier molecular flexibility index (Phi) is 5.94. The van der Waals surface area contributed by atoms with Crippen molar-refractivity contribution in [2.45, 2.75) is 46.0 Å². The van der Waals surface area contributed by atoms with Gasteiger partial charge in [0.05, 0.1) is 17.9 Å². The van der Waals surface area contributed by atoms with E-state index in [0.29, 0.717) is 26.0 Å². The van der Waals surface area contributed by atoms with Gasteiger partial charge in [-0.15, -0.1) is 22.7 Å². The standard InChI is InChI=1S/C22H22N4O3S2/c1-3-29-22(28)17-11(2)14(10-23)21(30-17)26-19(27)18-16(24)13-9-12-7-5-4-6-8-15(12)25-20(13)31-18/h9H,3-8,24H2,1-2H3,(H,26,27). The number of ether oxygens (including phenoxy) is 1. The highest BCUT2D eigenvalue weighted by molar-refractivity contribution is 7.21.